The molecule has 0 unspecified atom stereocenters. The largest absolute Gasteiger partial charge is 0.342 e. The van der Waals surface area contributed by atoms with Crippen molar-refractivity contribution < 1.29 is 9.59 Å². The highest BCUT2D eigenvalue weighted by molar-refractivity contribution is 6.34. The van der Waals surface area contributed by atoms with Crippen LogP contribution in [0.5, 0.6) is 0 Å². The fourth-order valence-electron chi connectivity index (χ4n) is 4.20. The van der Waals surface area contributed by atoms with Gasteiger partial charge in [-0.15, -0.1) is 0 Å². The van der Waals surface area contributed by atoms with Crippen molar-refractivity contribution >= 4 is 35.1 Å². The SMILES string of the molecule is O=C(Cn1cc(Cl)c(=O)c(Cl)c1)N(C(=O)NC1CCCCC1)C1CCCCC1. The highest BCUT2D eigenvalue weighted by atomic mass is 35.5. The first-order valence-corrected chi connectivity index (χ1v) is 10.9. The normalized spacial score (nSPS) is 18.6. The van der Waals surface area contributed by atoms with Crippen LogP contribution < -0.4 is 10.7 Å². The monoisotopic (exact) mass is 427 g/mol. The summed E-state index contributed by atoms with van der Waals surface area (Å²) in [6, 6.07) is -0.256. The Labute approximate surface area is 175 Å². The first-order chi connectivity index (χ1) is 13.5. The van der Waals surface area contributed by atoms with Gasteiger partial charge >= 0.3 is 6.03 Å². The van der Waals surface area contributed by atoms with Crippen LogP contribution in [0.4, 0.5) is 4.79 Å². The molecule has 0 saturated heterocycles. The second-order valence-electron chi connectivity index (χ2n) is 7.80. The van der Waals surface area contributed by atoms with Crippen molar-refractivity contribution in [3.63, 3.8) is 0 Å². The van der Waals surface area contributed by atoms with E-state index in [-0.39, 0.29) is 40.6 Å². The summed E-state index contributed by atoms with van der Waals surface area (Å²) in [4.78, 5) is 39.2. The number of halogens is 2. The van der Waals surface area contributed by atoms with Crippen molar-refractivity contribution in [3.8, 4) is 0 Å². The Hall–Kier alpha value is -1.53. The molecule has 2 fully saturated rings. The molecule has 1 N–H and O–H groups in total. The summed E-state index contributed by atoms with van der Waals surface area (Å²) in [6.07, 6.45) is 12.9. The second kappa shape index (κ2) is 9.79. The highest BCUT2D eigenvalue weighted by Crippen LogP contribution is 2.24. The van der Waals surface area contributed by atoms with Crippen LogP contribution in [0.25, 0.3) is 0 Å². The number of hydrogen-bond donors (Lipinski definition) is 1. The zero-order valence-electron chi connectivity index (χ0n) is 16.0. The van der Waals surface area contributed by atoms with Gasteiger partial charge in [0.2, 0.25) is 5.43 Å². The maximum absolute atomic E-state index is 13.1. The zero-order valence-corrected chi connectivity index (χ0v) is 17.5. The van der Waals surface area contributed by atoms with E-state index in [0.29, 0.717) is 0 Å². The van der Waals surface area contributed by atoms with Gasteiger partial charge in [0.05, 0.1) is 0 Å². The summed E-state index contributed by atoms with van der Waals surface area (Å²) in [7, 11) is 0. The summed E-state index contributed by atoms with van der Waals surface area (Å²) in [5.41, 5.74) is -0.466. The fraction of sp³-hybridized carbons (Fsp3) is 0.650. The van der Waals surface area contributed by atoms with Gasteiger partial charge in [0.15, 0.2) is 0 Å². The van der Waals surface area contributed by atoms with Crippen molar-refractivity contribution in [1.29, 1.82) is 0 Å². The van der Waals surface area contributed by atoms with E-state index in [0.717, 1.165) is 57.8 Å². The Morgan fingerprint density at radius 1 is 0.964 bits per heavy atom. The van der Waals surface area contributed by atoms with Crippen molar-refractivity contribution in [2.45, 2.75) is 82.8 Å². The van der Waals surface area contributed by atoms with Crippen LogP contribution in [0, 0.1) is 0 Å². The molecule has 0 bridgehead atoms. The lowest BCUT2D eigenvalue weighted by atomic mass is 9.93. The van der Waals surface area contributed by atoms with Crippen molar-refractivity contribution in [2.24, 2.45) is 0 Å². The molecule has 0 aromatic carbocycles. The van der Waals surface area contributed by atoms with E-state index >= 15 is 0 Å². The molecule has 2 aliphatic carbocycles. The van der Waals surface area contributed by atoms with Crippen LogP contribution in [0.15, 0.2) is 17.2 Å². The average molecular weight is 428 g/mol. The number of nitrogens with zero attached hydrogens (tertiary/aromatic N) is 2. The van der Waals surface area contributed by atoms with E-state index < -0.39 is 5.43 Å². The standard InChI is InChI=1S/C20H27Cl2N3O3/c21-16-11-24(12-17(22)19(16)27)13-18(26)25(15-9-5-2-6-10-15)20(28)23-14-7-3-1-4-8-14/h11-12,14-15H,1-10,13H2,(H,23,28). The predicted octanol–water partition coefficient (Wildman–Crippen LogP) is 4.36. The van der Waals surface area contributed by atoms with Gasteiger partial charge in [-0.25, -0.2) is 4.79 Å². The number of hydrogen-bond acceptors (Lipinski definition) is 3. The lowest BCUT2D eigenvalue weighted by Gasteiger charge is -2.34. The molecule has 3 rings (SSSR count). The molecule has 6 nitrogen and oxygen atoms in total. The number of aromatic nitrogens is 1. The molecule has 1 heterocycles. The zero-order chi connectivity index (χ0) is 20.1. The molecule has 2 aliphatic rings. The Kier molecular flexibility index (Phi) is 7.41. The predicted molar refractivity (Wildman–Crippen MR) is 110 cm³/mol. The number of pyridine rings is 1. The number of urea groups is 1. The molecular formula is C20H27Cl2N3O3. The number of carbonyl (C=O) groups is 2. The first-order valence-electron chi connectivity index (χ1n) is 10.1. The van der Waals surface area contributed by atoms with E-state index in [4.69, 9.17) is 23.2 Å². The van der Waals surface area contributed by atoms with Gasteiger partial charge in [-0.3, -0.25) is 14.5 Å². The minimum atomic E-state index is -0.466. The summed E-state index contributed by atoms with van der Waals surface area (Å²) >= 11 is 11.8. The van der Waals surface area contributed by atoms with Crippen LogP contribution >= 0.6 is 23.2 Å². The molecule has 1 aromatic rings. The van der Waals surface area contributed by atoms with Gasteiger partial charge in [0, 0.05) is 24.5 Å². The summed E-state index contributed by atoms with van der Waals surface area (Å²) in [5, 5.41) is 2.98. The van der Waals surface area contributed by atoms with Crippen LogP contribution in [0.3, 0.4) is 0 Å². The Morgan fingerprint density at radius 3 is 2.07 bits per heavy atom. The van der Waals surface area contributed by atoms with Gasteiger partial charge in [0.25, 0.3) is 5.91 Å². The third-order valence-electron chi connectivity index (χ3n) is 5.67. The minimum absolute atomic E-state index is 0.0452. The molecule has 0 radical (unpaired) electrons. The molecule has 8 heteroatoms. The van der Waals surface area contributed by atoms with Gasteiger partial charge in [-0.1, -0.05) is 61.7 Å². The number of rotatable bonds is 4. The van der Waals surface area contributed by atoms with E-state index in [9.17, 15) is 14.4 Å². The van der Waals surface area contributed by atoms with Gasteiger partial charge in [-0.05, 0) is 25.7 Å². The average Bonchev–Trinajstić information content (AvgIpc) is 2.68. The quantitative estimate of drug-likeness (QED) is 0.775. The number of carbonyl (C=O) groups excluding carboxylic acids is 2. The van der Waals surface area contributed by atoms with Crippen molar-refractivity contribution in [3.05, 3.63) is 32.7 Å². The fourth-order valence-corrected chi connectivity index (χ4v) is 4.70. The van der Waals surface area contributed by atoms with Crippen molar-refractivity contribution in [1.82, 2.24) is 14.8 Å². The first kappa shape index (κ1) is 21.2. The lowest BCUT2D eigenvalue weighted by molar-refractivity contribution is -0.131. The van der Waals surface area contributed by atoms with Crippen molar-refractivity contribution in [2.75, 3.05) is 0 Å². The smallest absolute Gasteiger partial charge is 0.324 e. The Morgan fingerprint density at radius 2 is 1.50 bits per heavy atom. The molecule has 1 aromatic heterocycles. The highest BCUT2D eigenvalue weighted by Gasteiger charge is 2.32. The third-order valence-corrected chi connectivity index (χ3v) is 6.21. The summed E-state index contributed by atoms with van der Waals surface area (Å²) < 4.78 is 1.47. The van der Waals surface area contributed by atoms with E-state index in [1.807, 2.05) is 0 Å². The molecule has 2 saturated carbocycles. The minimum Gasteiger partial charge on any atom is -0.342 e. The molecule has 28 heavy (non-hydrogen) atoms. The molecule has 3 amide bonds. The van der Waals surface area contributed by atoms with Gasteiger partial charge in [0.1, 0.15) is 16.6 Å². The number of nitrogens with one attached hydrogen (secondary N) is 1. The maximum Gasteiger partial charge on any atom is 0.324 e. The Balaban J connectivity index is 1.76. The van der Waals surface area contributed by atoms with Crippen LogP contribution in [-0.2, 0) is 11.3 Å². The maximum atomic E-state index is 13.1. The molecular weight excluding hydrogens is 401 g/mol. The number of amides is 3. The third kappa shape index (κ3) is 5.29. The van der Waals surface area contributed by atoms with Gasteiger partial charge < -0.3 is 9.88 Å². The lowest BCUT2D eigenvalue weighted by Crippen LogP contribution is -2.53. The number of imide groups is 1. The molecule has 154 valence electrons. The van der Waals surface area contributed by atoms with Gasteiger partial charge in [-0.2, -0.15) is 0 Å². The van der Waals surface area contributed by atoms with Crippen LogP contribution in [-0.4, -0.2) is 33.5 Å². The van der Waals surface area contributed by atoms with Crippen LogP contribution in [0.1, 0.15) is 64.2 Å². The summed E-state index contributed by atoms with van der Waals surface area (Å²) in [6.45, 7) is -0.0890. The molecule has 0 spiro atoms. The molecule has 0 aliphatic heterocycles. The topological polar surface area (TPSA) is 71.4 Å². The Bertz CT molecular complexity index is 742. The second-order valence-corrected chi connectivity index (χ2v) is 8.61. The van der Waals surface area contributed by atoms with Crippen LogP contribution in [0.2, 0.25) is 10.0 Å². The van der Waals surface area contributed by atoms with E-state index in [2.05, 4.69) is 5.32 Å². The molecule has 0 atom stereocenters. The van der Waals surface area contributed by atoms with E-state index in [1.54, 1.807) is 0 Å². The van der Waals surface area contributed by atoms with E-state index in [1.165, 1.54) is 28.3 Å². The summed E-state index contributed by atoms with van der Waals surface area (Å²) in [5.74, 6) is -0.309.